The average molecular weight is 380 g/mol. The Hall–Kier alpha value is -1.73. The van der Waals surface area contributed by atoms with Crippen LogP contribution in [0.1, 0.15) is 52.7 Å². The molecule has 27 heavy (non-hydrogen) atoms. The SMILES string of the molecule is CCOC(=O)C(F)(F)/C(C)=C(/B1OC(C)(C)C(C)(C)O1)c1ccc(C)cc1. The molecule has 148 valence electrons. The molecule has 2 rings (SSSR count). The summed E-state index contributed by atoms with van der Waals surface area (Å²) in [5, 5.41) is 0. The molecule has 7 heteroatoms. The zero-order valence-electron chi connectivity index (χ0n) is 17.0. The number of ether oxygens (including phenoxy) is 1. The van der Waals surface area contributed by atoms with Crippen LogP contribution in [0.4, 0.5) is 8.78 Å². The Labute approximate surface area is 160 Å². The van der Waals surface area contributed by atoms with Crippen molar-refractivity contribution in [2.45, 2.75) is 65.6 Å². The van der Waals surface area contributed by atoms with E-state index in [4.69, 9.17) is 9.31 Å². The Bertz CT molecular complexity index is 723. The molecule has 1 saturated heterocycles. The van der Waals surface area contributed by atoms with Crippen LogP contribution in [0.3, 0.4) is 0 Å². The van der Waals surface area contributed by atoms with E-state index in [1.165, 1.54) is 13.8 Å². The summed E-state index contributed by atoms with van der Waals surface area (Å²) >= 11 is 0. The first kappa shape index (κ1) is 21.6. The molecule has 0 unspecified atom stereocenters. The monoisotopic (exact) mass is 380 g/mol. The summed E-state index contributed by atoms with van der Waals surface area (Å²) in [5.41, 5.74) is -0.197. The first-order valence-electron chi connectivity index (χ1n) is 9.02. The molecule has 0 amide bonds. The first-order valence-corrected chi connectivity index (χ1v) is 9.02. The minimum absolute atomic E-state index is 0.127. The maximum absolute atomic E-state index is 14.8. The highest BCUT2D eigenvalue weighted by molar-refractivity contribution is 6.69. The molecule has 1 fully saturated rings. The molecule has 0 saturated carbocycles. The molecule has 0 aromatic heterocycles. The van der Waals surface area contributed by atoms with Crippen molar-refractivity contribution < 1.29 is 27.6 Å². The molecular formula is C20H27BF2O4. The minimum atomic E-state index is -3.79. The fraction of sp³-hybridized carbons (Fsp3) is 0.550. The third kappa shape index (κ3) is 4.09. The molecule has 0 N–H and O–H groups in total. The fourth-order valence-electron chi connectivity index (χ4n) is 2.77. The number of benzene rings is 1. The molecule has 4 nitrogen and oxygen atoms in total. The number of hydrogen-bond donors (Lipinski definition) is 0. The second kappa shape index (κ2) is 7.36. The maximum atomic E-state index is 14.8. The van der Waals surface area contributed by atoms with Gasteiger partial charge in [0.2, 0.25) is 0 Å². The number of hydrogen-bond acceptors (Lipinski definition) is 4. The molecule has 1 aromatic carbocycles. The maximum Gasteiger partial charge on any atom is 0.495 e. The van der Waals surface area contributed by atoms with Crippen molar-refractivity contribution in [3.63, 3.8) is 0 Å². The summed E-state index contributed by atoms with van der Waals surface area (Å²) in [7, 11) is -1.03. The van der Waals surface area contributed by atoms with Crippen LogP contribution < -0.4 is 0 Å². The van der Waals surface area contributed by atoms with E-state index in [1.54, 1.807) is 12.1 Å². The van der Waals surface area contributed by atoms with Gasteiger partial charge in [-0.3, -0.25) is 0 Å². The Morgan fingerprint density at radius 2 is 1.59 bits per heavy atom. The van der Waals surface area contributed by atoms with Crippen molar-refractivity contribution in [2.24, 2.45) is 0 Å². The van der Waals surface area contributed by atoms with Crippen molar-refractivity contribution in [3.8, 4) is 0 Å². The van der Waals surface area contributed by atoms with Gasteiger partial charge in [0, 0.05) is 5.57 Å². The van der Waals surface area contributed by atoms with E-state index in [9.17, 15) is 13.6 Å². The lowest BCUT2D eigenvalue weighted by Crippen LogP contribution is -2.41. The van der Waals surface area contributed by atoms with Gasteiger partial charge in [0.25, 0.3) is 0 Å². The molecule has 0 aliphatic carbocycles. The van der Waals surface area contributed by atoms with E-state index >= 15 is 0 Å². The first-order chi connectivity index (χ1) is 12.3. The van der Waals surface area contributed by atoms with Gasteiger partial charge < -0.3 is 14.0 Å². The van der Waals surface area contributed by atoms with Crippen LogP contribution >= 0.6 is 0 Å². The highest BCUT2D eigenvalue weighted by Crippen LogP contribution is 2.43. The fourth-order valence-corrected chi connectivity index (χ4v) is 2.77. The topological polar surface area (TPSA) is 44.8 Å². The van der Waals surface area contributed by atoms with E-state index in [0.717, 1.165) is 5.56 Å². The number of alkyl halides is 2. The predicted molar refractivity (Wildman–Crippen MR) is 101 cm³/mol. The van der Waals surface area contributed by atoms with Gasteiger partial charge in [-0.1, -0.05) is 29.8 Å². The van der Waals surface area contributed by atoms with Crippen molar-refractivity contribution in [2.75, 3.05) is 6.61 Å². The van der Waals surface area contributed by atoms with E-state index in [-0.39, 0.29) is 12.1 Å². The van der Waals surface area contributed by atoms with E-state index in [0.29, 0.717) is 5.56 Å². The van der Waals surface area contributed by atoms with E-state index < -0.39 is 35.8 Å². The van der Waals surface area contributed by atoms with Gasteiger partial charge in [0.05, 0.1) is 17.8 Å². The second-order valence-corrected chi connectivity index (χ2v) is 7.79. The van der Waals surface area contributed by atoms with Crippen LogP contribution in [0.25, 0.3) is 5.47 Å². The summed E-state index contributed by atoms with van der Waals surface area (Å²) in [6.45, 7) is 11.9. The van der Waals surface area contributed by atoms with Crippen LogP contribution in [0.15, 0.2) is 29.8 Å². The van der Waals surface area contributed by atoms with Crippen molar-refractivity contribution in [1.29, 1.82) is 0 Å². The number of rotatable bonds is 5. The van der Waals surface area contributed by atoms with Crippen molar-refractivity contribution >= 4 is 18.6 Å². The molecule has 1 heterocycles. The zero-order valence-corrected chi connectivity index (χ0v) is 17.0. The Morgan fingerprint density at radius 1 is 1.11 bits per heavy atom. The van der Waals surface area contributed by atoms with Crippen LogP contribution in [-0.4, -0.2) is 36.8 Å². The third-order valence-electron chi connectivity index (χ3n) is 5.26. The van der Waals surface area contributed by atoms with Crippen LogP contribution in [0.5, 0.6) is 0 Å². The predicted octanol–water partition coefficient (Wildman–Crippen LogP) is 4.60. The number of carbonyl (C=O) groups excluding carboxylic acids is 1. The molecule has 1 aromatic rings. The van der Waals surface area contributed by atoms with Gasteiger partial charge in [-0.25, -0.2) is 4.79 Å². The number of esters is 1. The lowest BCUT2D eigenvalue weighted by atomic mass is 9.70. The summed E-state index contributed by atoms with van der Waals surface area (Å²) in [6, 6.07) is 7.08. The zero-order chi connectivity index (χ0) is 20.6. The van der Waals surface area contributed by atoms with Crippen LogP contribution in [0.2, 0.25) is 0 Å². The van der Waals surface area contributed by atoms with Crippen molar-refractivity contribution in [3.05, 3.63) is 41.0 Å². The average Bonchev–Trinajstić information content (AvgIpc) is 2.77. The molecule has 0 radical (unpaired) electrons. The van der Waals surface area contributed by atoms with Gasteiger partial charge in [-0.15, -0.1) is 0 Å². The number of aryl methyl sites for hydroxylation is 1. The summed E-state index contributed by atoms with van der Waals surface area (Å²) < 4.78 is 46.2. The van der Waals surface area contributed by atoms with Gasteiger partial charge in [-0.05, 0) is 59.5 Å². The van der Waals surface area contributed by atoms with Crippen LogP contribution in [0, 0.1) is 6.92 Å². The van der Waals surface area contributed by atoms with Gasteiger partial charge >= 0.3 is 19.0 Å². The molecule has 0 spiro atoms. The third-order valence-corrected chi connectivity index (χ3v) is 5.26. The normalized spacial score (nSPS) is 19.7. The summed E-state index contributed by atoms with van der Waals surface area (Å²) in [4.78, 5) is 11.9. The van der Waals surface area contributed by atoms with Gasteiger partial charge in [0.15, 0.2) is 0 Å². The number of halogens is 2. The Morgan fingerprint density at radius 3 is 2.04 bits per heavy atom. The van der Waals surface area contributed by atoms with Gasteiger partial charge in [-0.2, -0.15) is 8.78 Å². The smallest absolute Gasteiger partial charge is 0.461 e. The highest BCUT2D eigenvalue weighted by Gasteiger charge is 2.55. The van der Waals surface area contributed by atoms with Crippen LogP contribution in [-0.2, 0) is 18.8 Å². The molecule has 0 bridgehead atoms. The Kier molecular flexibility index (Phi) is 5.88. The largest absolute Gasteiger partial charge is 0.495 e. The lowest BCUT2D eigenvalue weighted by molar-refractivity contribution is -0.165. The summed E-state index contributed by atoms with van der Waals surface area (Å²) in [5.74, 6) is -5.37. The summed E-state index contributed by atoms with van der Waals surface area (Å²) in [6.07, 6.45) is 0. The molecule has 1 aliphatic rings. The Balaban J connectivity index is 2.61. The lowest BCUT2D eigenvalue weighted by Gasteiger charge is -2.32. The minimum Gasteiger partial charge on any atom is -0.461 e. The van der Waals surface area contributed by atoms with E-state index in [1.807, 2.05) is 46.8 Å². The molecule has 1 aliphatic heterocycles. The number of carbonyl (C=O) groups is 1. The van der Waals surface area contributed by atoms with E-state index in [2.05, 4.69) is 4.74 Å². The second-order valence-electron chi connectivity index (χ2n) is 7.79. The quantitative estimate of drug-likeness (QED) is 0.553. The van der Waals surface area contributed by atoms with Crippen molar-refractivity contribution in [1.82, 2.24) is 0 Å². The molecule has 0 atom stereocenters. The van der Waals surface area contributed by atoms with Gasteiger partial charge in [0.1, 0.15) is 0 Å². The molecular weight excluding hydrogens is 353 g/mol. The standard InChI is InChI=1S/C20H27BF2O4/c1-8-25-17(24)20(22,23)14(3)16(15-11-9-13(2)10-12-15)21-26-18(4,5)19(6,7)27-21/h9-12H,8H2,1-7H3/b16-14+. The highest BCUT2D eigenvalue weighted by atomic mass is 19.3.